The fourth-order valence-electron chi connectivity index (χ4n) is 9.32. The van der Waals surface area contributed by atoms with E-state index >= 15 is 0 Å². The van der Waals surface area contributed by atoms with Gasteiger partial charge in [0.05, 0.1) is 6.61 Å². The van der Waals surface area contributed by atoms with Crippen LogP contribution in [0.5, 0.6) is 0 Å². The second-order valence-corrected chi connectivity index (χ2v) is 22.5. The predicted molar refractivity (Wildman–Crippen MR) is 302 cm³/mol. The van der Waals surface area contributed by atoms with Crippen LogP contribution >= 0.6 is 0 Å². The Morgan fingerprint density at radius 3 is 1.27 bits per heavy atom. The van der Waals surface area contributed by atoms with Crippen molar-refractivity contribution in [1.29, 1.82) is 0 Å². The first kappa shape index (κ1) is 69.6. The highest BCUT2D eigenvalue weighted by molar-refractivity contribution is 7.85. The number of hydrogen-bond donors (Lipinski definition) is 4. The molecule has 12 nitrogen and oxygen atoms in total. The molecule has 0 amide bonds. The van der Waals surface area contributed by atoms with Crippen LogP contribution in [0.1, 0.15) is 271 Å². The topological polar surface area (TPSA) is 186 Å². The fourth-order valence-corrected chi connectivity index (χ4v) is 10.0. The zero-order valence-electron chi connectivity index (χ0n) is 47.0. The van der Waals surface area contributed by atoms with E-state index in [1.54, 1.807) is 0 Å². The van der Waals surface area contributed by atoms with Crippen molar-refractivity contribution in [3.05, 3.63) is 48.6 Å². The molecular formula is C61H110O12S. The molecule has 0 aliphatic carbocycles. The van der Waals surface area contributed by atoms with Crippen molar-refractivity contribution in [2.24, 2.45) is 0 Å². The normalized spacial score (nSPS) is 18.9. The van der Waals surface area contributed by atoms with Gasteiger partial charge >= 0.3 is 11.9 Å². The molecule has 6 unspecified atom stereocenters. The number of ether oxygens (including phenoxy) is 4. The highest BCUT2D eigenvalue weighted by Gasteiger charge is 2.46. The van der Waals surface area contributed by atoms with Gasteiger partial charge in [0, 0.05) is 12.8 Å². The fraction of sp³-hybridized carbons (Fsp3) is 0.836. The summed E-state index contributed by atoms with van der Waals surface area (Å²) in [5, 5.41) is 31.1. The van der Waals surface area contributed by atoms with E-state index in [-0.39, 0.29) is 19.4 Å². The third-order valence-corrected chi connectivity index (χ3v) is 14.7. The van der Waals surface area contributed by atoms with Gasteiger partial charge in [-0.2, -0.15) is 8.42 Å². The SMILES string of the molecule is CC/C=C\C/C=C\C/C=C\C/C=C\CCCCCCCCCCCCC(=O)OC(COC(=O)CCCCCCCCCCCCCCCCCCCCCCCCC)COC1OC(CS(=O)(=O)O)C(O)C(O)C1O. The van der Waals surface area contributed by atoms with Gasteiger partial charge < -0.3 is 34.3 Å². The van der Waals surface area contributed by atoms with Gasteiger partial charge in [0.25, 0.3) is 10.1 Å². The van der Waals surface area contributed by atoms with Crippen molar-refractivity contribution in [1.82, 2.24) is 0 Å². The minimum atomic E-state index is -4.61. The quantitative estimate of drug-likeness (QED) is 0.0196. The molecule has 0 aromatic carbocycles. The van der Waals surface area contributed by atoms with Gasteiger partial charge in [-0.25, -0.2) is 0 Å². The zero-order valence-corrected chi connectivity index (χ0v) is 47.8. The lowest BCUT2D eigenvalue weighted by Crippen LogP contribution is -2.60. The van der Waals surface area contributed by atoms with Gasteiger partial charge in [-0.3, -0.25) is 14.1 Å². The monoisotopic (exact) mass is 1070 g/mol. The van der Waals surface area contributed by atoms with Crippen LogP contribution in [0.2, 0.25) is 0 Å². The average molecular weight is 1070 g/mol. The highest BCUT2D eigenvalue weighted by atomic mass is 32.2. The summed E-state index contributed by atoms with van der Waals surface area (Å²) in [7, 11) is -4.61. The number of esters is 2. The van der Waals surface area contributed by atoms with E-state index in [0.29, 0.717) is 12.8 Å². The molecule has 6 atom stereocenters. The van der Waals surface area contributed by atoms with Crippen LogP contribution in [0, 0.1) is 0 Å². The molecule has 0 saturated carbocycles. The van der Waals surface area contributed by atoms with Crippen molar-refractivity contribution >= 4 is 22.1 Å². The molecule has 0 radical (unpaired) electrons. The summed E-state index contributed by atoms with van der Waals surface area (Å²) in [6.07, 6.45) is 54.4. The molecule has 1 heterocycles. The van der Waals surface area contributed by atoms with Gasteiger partial charge in [-0.05, 0) is 51.4 Å². The molecule has 432 valence electrons. The van der Waals surface area contributed by atoms with E-state index in [9.17, 15) is 37.9 Å². The van der Waals surface area contributed by atoms with E-state index in [2.05, 4.69) is 62.5 Å². The number of rotatable bonds is 52. The summed E-state index contributed by atoms with van der Waals surface area (Å²) in [6.45, 7) is 3.71. The van der Waals surface area contributed by atoms with Gasteiger partial charge in [-0.15, -0.1) is 0 Å². The van der Waals surface area contributed by atoms with Crippen LogP contribution in [-0.2, 0) is 38.7 Å². The minimum Gasteiger partial charge on any atom is -0.462 e. The number of carbonyl (C=O) groups is 2. The van der Waals surface area contributed by atoms with Crippen molar-refractivity contribution in [2.45, 2.75) is 307 Å². The van der Waals surface area contributed by atoms with E-state index in [1.807, 2.05) is 0 Å². The van der Waals surface area contributed by atoms with Crippen LogP contribution in [0.15, 0.2) is 48.6 Å². The third kappa shape index (κ3) is 43.7. The molecule has 1 aliphatic heterocycles. The molecule has 1 aliphatic rings. The van der Waals surface area contributed by atoms with E-state index in [0.717, 1.165) is 77.0 Å². The van der Waals surface area contributed by atoms with E-state index in [1.165, 1.54) is 154 Å². The Morgan fingerprint density at radius 1 is 0.473 bits per heavy atom. The molecule has 0 aromatic rings. The van der Waals surface area contributed by atoms with Crippen LogP contribution in [-0.4, -0.2) is 96.0 Å². The molecular weight excluding hydrogens is 957 g/mol. The summed E-state index contributed by atoms with van der Waals surface area (Å²) >= 11 is 0. The van der Waals surface area contributed by atoms with Gasteiger partial charge in [0.1, 0.15) is 36.8 Å². The number of aliphatic hydroxyl groups excluding tert-OH is 3. The summed E-state index contributed by atoms with van der Waals surface area (Å²) in [5.74, 6) is -1.97. The van der Waals surface area contributed by atoms with Crippen molar-refractivity contribution in [3.8, 4) is 0 Å². The maximum atomic E-state index is 12.9. The molecule has 1 rings (SSSR count). The molecule has 0 bridgehead atoms. The molecule has 1 saturated heterocycles. The van der Waals surface area contributed by atoms with Crippen LogP contribution in [0.25, 0.3) is 0 Å². The van der Waals surface area contributed by atoms with Gasteiger partial charge in [0.15, 0.2) is 12.4 Å². The highest BCUT2D eigenvalue weighted by Crippen LogP contribution is 2.24. The Morgan fingerprint density at radius 2 is 0.851 bits per heavy atom. The predicted octanol–water partition coefficient (Wildman–Crippen LogP) is 15.0. The summed E-state index contributed by atoms with van der Waals surface area (Å²) < 4.78 is 54.5. The molecule has 0 spiro atoms. The largest absolute Gasteiger partial charge is 0.462 e. The number of unbranched alkanes of at least 4 members (excludes halogenated alkanes) is 32. The van der Waals surface area contributed by atoms with Crippen LogP contribution in [0.3, 0.4) is 0 Å². The lowest BCUT2D eigenvalue weighted by atomic mass is 10.00. The molecule has 74 heavy (non-hydrogen) atoms. The number of allylic oxidation sites excluding steroid dienone is 8. The summed E-state index contributed by atoms with van der Waals surface area (Å²) in [6, 6.07) is 0. The maximum absolute atomic E-state index is 12.9. The second-order valence-electron chi connectivity index (χ2n) is 21.0. The Hall–Kier alpha value is -2.39. The average Bonchev–Trinajstić information content (AvgIpc) is 3.37. The Kier molecular flexibility index (Phi) is 47.2. The minimum absolute atomic E-state index is 0.160. The lowest BCUT2D eigenvalue weighted by molar-refractivity contribution is -0.297. The Labute approximate surface area is 452 Å². The van der Waals surface area contributed by atoms with E-state index in [4.69, 9.17) is 18.9 Å². The summed E-state index contributed by atoms with van der Waals surface area (Å²) in [5.41, 5.74) is 0. The van der Waals surface area contributed by atoms with Crippen LogP contribution in [0.4, 0.5) is 0 Å². The summed E-state index contributed by atoms with van der Waals surface area (Å²) in [4.78, 5) is 25.7. The Bertz CT molecular complexity index is 1530. The third-order valence-electron chi connectivity index (χ3n) is 13.9. The molecule has 0 aromatic heterocycles. The number of aliphatic hydroxyl groups is 3. The smallest absolute Gasteiger partial charge is 0.306 e. The molecule has 13 heteroatoms. The standard InChI is InChI=1S/C61H110O12S/c1-3-5-7-9-11-13-15-17-19-21-23-25-27-29-31-33-35-37-39-41-43-45-47-49-56(62)70-51-54(52-71-61-60(66)59(65)58(64)55(73-61)53-74(67,68)69)72-57(63)50-48-46-44-42-40-38-36-34-32-30-28-26-24-22-20-18-16-14-12-10-8-6-4-2/h6,8,12,14,18,20,24,26,54-55,58-61,64-66H,3-5,7,9-11,13,15-17,19,21-23,25,27-53H2,1-2H3,(H,67,68,69)/b8-6-,14-12-,20-18-,26-24-. The van der Waals surface area contributed by atoms with Gasteiger partial charge in [-0.1, -0.05) is 255 Å². The molecule has 4 N–H and O–H groups in total. The maximum Gasteiger partial charge on any atom is 0.306 e. The van der Waals surface area contributed by atoms with E-state index < -0.39 is 71.2 Å². The first-order chi connectivity index (χ1) is 36.0. The van der Waals surface area contributed by atoms with Crippen molar-refractivity contribution in [3.63, 3.8) is 0 Å². The molecule has 1 fully saturated rings. The Balaban J connectivity index is 2.28. The van der Waals surface area contributed by atoms with Gasteiger partial charge in [0.2, 0.25) is 0 Å². The second kappa shape index (κ2) is 50.1. The van der Waals surface area contributed by atoms with Crippen molar-refractivity contribution in [2.75, 3.05) is 19.0 Å². The first-order valence-electron chi connectivity index (χ1n) is 30.2. The number of carbonyl (C=O) groups excluding carboxylic acids is 2. The first-order valence-corrected chi connectivity index (χ1v) is 31.8. The zero-order chi connectivity index (χ0) is 54.0. The number of hydrogen-bond acceptors (Lipinski definition) is 11. The van der Waals surface area contributed by atoms with Crippen molar-refractivity contribution < 1.29 is 56.8 Å². The lowest BCUT2D eigenvalue weighted by Gasteiger charge is -2.40. The van der Waals surface area contributed by atoms with Crippen LogP contribution < -0.4 is 0 Å².